The average Bonchev–Trinajstić information content (AvgIpc) is 2.14. The fourth-order valence-corrected chi connectivity index (χ4v) is 1.02. The van der Waals surface area contributed by atoms with Crippen LogP contribution in [0.2, 0.25) is 0 Å². The molecule has 0 unspecified atom stereocenters. The number of nitrogens with one attached hydrogen (secondary N) is 3. The first-order chi connectivity index (χ1) is 6.97. The Labute approximate surface area is 90.0 Å². The number of para-hydroxylation sites is 1. The van der Waals surface area contributed by atoms with Gasteiger partial charge in [0.15, 0.2) is 0 Å². The van der Waals surface area contributed by atoms with Crippen LogP contribution in [0.15, 0.2) is 30.3 Å². The Morgan fingerprint density at radius 1 is 1.13 bits per heavy atom. The largest absolute Gasteiger partial charge is 0.333 e. The van der Waals surface area contributed by atoms with Gasteiger partial charge in [-0.3, -0.25) is 10.9 Å². The van der Waals surface area contributed by atoms with Crippen molar-refractivity contribution in [3.8, 4) is 0 Å². The van der Waals surface area contributed by atoms with E-state index in [2.05, 4.69) is 16.2 Å². The first-order valence-corrected chi connectivity index (χ1v) is 4.86. The van der Waals surface area contributed by atoms with Gasteiger partial charge in [0.1, 0.15) is 0 Å². The van der Waals surface area contributed by atoms with E-state index in [4.69, 9.17) is 0 Å². The van der Waals surface area contributed by atoms with Crippen LogP contribution < -0.4 is 16.2 Å². The summed E-state index contributed by atoms with van der Waals surface area (Å²) in [7, 11) is 0. The lowest BCUT2D eigenvalue weighted by atomic mass is 10.1. The fourth-order valence-electron chi connectivity index (χ4n) is 1.02. The maximum absolute atomic E-state index is 11.3. The molecule has 15 heavy (non-hydrogen) atoms. The molecule has 0 aliphatic heterocycles. The summed E-state index contributed by atoms with van der Waals surface area (Å²) in [4.78, 5) is 11.3. The van der Waals surface area contributed by atoms with Gasteiger partial charge in [-0.25, -0.2) is 4.79 Å². The second-order valence-corrected chi connectivity index (χ2v) is 4.32. The van der Waals surface area contributed by atoms with Crippen molar-refractivity contribution in [2.45, 2.75) is 26.3 Å². The molecule has 0 spiro atoms. The van der Waals surface area contributed by atoms with Crippen molar-refractivity contribution in [1.82, 2.24) is 10.7 Å². The fraction of sp³-hybridized carbons (Fsp3) is 0.364. The highest BCUT2D eigenvalue weighted by atomic mass is 16.2. The Bertz CT molecular complexity index is 316. The third kappa shape index (κ3) is 4.90. The molecule has 0 saturated heterocycles. The molecule has 1 aromatic rings. The highest BCUT2D eigenvalue weighted by molar-refractivity contribution is 5.76. The van der Waals surface area contributed by atoms with Crippen LogP contribution >= 0.6 is 0 Å². The Balaban J connectivity index is 2.35. The first kappa shape index (κ1) is 11.4. The van der Waals surface area contributed by atoms with Gasteiger partial charge >= 0.3 is 6.03 Å². The van der Waals surface area contributed by atoms with E-state index in [0.29, 0.717) is 0 Å². The summed E-state index contributed by atoms with van der Waals surface area (Å²) in [6.07, 6.45) is 0. The molecule has 3 N–H and O–H groups in total. The van der Waals surface area contributed by atoms with Crippen molar-refractivity contribution in [1.29, 1.82) is 0 Å². The number of amides is 2. The summed E-state index contributed by atoms with van der Waals surface area (Å²) in [5, 5.41) is 2.78. The molecule has 82 valence electrons. The van der Waals surface area contributed by atoms with Gasteiger partial charge in [-0.1, -0.05) is 18.2 Å². The molecule has 0 radical (unpaired) electrons. The van der Waals surface area contributed by atoms with E-state index < -0.39 is 0 Å². The van der Waals surface area contributed by atoms with E-state index >= 15 is 0 Å². The minimum atomic E-state index is -0.244. The Kier molecular flexibility index (Phi) is 3.55. The summed E-state index contributed by atoms with van der Waals surface area (Å²) < 4.78 is 0. The van der Waals surface area contributed by atoms with Crippen molar-refractivity contribution >= 4 is 11.7 Å². The van der Waals surface area contributed by atoms with Gasteiger partial charge in [0.2, 0.25) is 0 Å². The van der Waals surface area contributed by atoms with Crippen molar-refractivity contribution < 1.29 is 4.79 Å². The molecule has 0 atom stereocenters. The van der Waals surface area contributed by atoms with Crippen LogP contribution in [0.4, 0.5) is 10.5 Å². The standard InChI is InChI=1S/C11H17N3O/c1-11(2,3)12-10(15)14-13-9-7-5-4-6-8-9/h4-8,13H,1-3H3,(H2,12,14,15). The summed E-state index contributed by atoms with van der Waals surface area (Å²) in [6, 6.07) is 9.21. The predicted octanol–water partition coefficient (Wildman–Crippen LogP) is 2.11. The third-order valence-electron chi connectivity index (χ3n) is 1.58. The number of hydrazine groups is 1. The van der Waals surface area contributed by atoms with Gasteiger partial charge in [0.05, 0.1) is 5.69 Å². The van der Waals surface area contributed by atoms with Gasteiger partial charge < -0.3 is 5.32 Å². The maximum Gasteiger partial charge on any atom is 0.333 e. The van der Waals surface area contributed by atoms with E-state index in [1.165, 1.54) is 0 Å². The molecule has 0 aliphatic rings. The number of rotatable bonds is 2. The number of carbonyl (C=O) groups is 1. The topological polar surface area (TPSA) is 53.2 Å². The molecule has 0 bridgehead atoms. The van der Waals surface area contributed by atoms with Gasteiger partial charge in [-0.05, 0) is 32.9 Å². The maximum atomic E-state index is 11.3. The van der Waals surface area contributed by atoms with E-state index in [0.717, 1.165) is 5.69 Å². The van der Waals surface area contributed by atoms with Crippen LogP contribution in [0.3, 0.4) is 0 Å². The van der Waals surface area contributed by atoms with Crippen LogP contribution in [-0.2, 0) is 0 Å². The SMILES string of the molecule is CC(C)(C)NC(=O)NNc1ccccc1. The zero-order valence-electron chi connectivity index (χ0n) is 9.29. The number of hydrogen-bond donors (Lipinski definition) is 3. The molecule has 4 nitrogen and oxygen atoms in total. The minimum absolute atomic E-state index is 0.234. The van der Waals surface area contributed by atoms with E-state index in [1.807, 2.05) is 51.1 Å². The Morgan fingerprint density at radius 3 is 2.27 bits per heavy atom. The molecule has 0 saturated carbocycles. The van der Waals surface area contributed by atoms with E-state index in [1.54, 1.807) is 0 Å². The lowest BCUT2D eigenvalue weighted by Gasteiger charge is -2.21. The smallest absolute Gasteiger partial charge is 0.332 e. The van der Waals surface area contributed by atoms with Crippen LogP contribution in [0.25, 0.3) is 0 Å². The van der Waals surface area contributed by atoms with Gasteiger partial charge in [0.25, 0.3) is 0 Å². The highest BCUT2D eigenvalue weighted by Crippen LogP contribution is 2.02. The summed E-state index contributed by atoms with van der Waals surface area (Å²) >= 11 is 0. The summed E-state index contributed by atoms with van der Waals surface area (Å²) in [6.45, 7) is 5.78. The molecule has 4 heteroatoms. The van der Waals surface area contributed by atoms with Crippen molar-refractivity contribution in [2.75, 3.05) is 5.43 Å². The van der Waals surface area contributed by atoms with Crippen LogP contribution in [0.5, 0.6) is 0 Å². The van der Waals surface area contributed by atoms with Crippen molar-refractivity contribution in [2.24, 2.45) is 0 Å². The van der Waals surface area contributed by atoms with Crippen LogP contribution in [0.1, 0.15) is 20.8 Å². The minimum Gasteiger partial charge on any atom is -0.332 e. The number of hydrogen-bond acceptors (Lipinski definition) is 2. The highest BCUT2D eigenvalue weighted by Gasteiger charge is 2.12. The molecule has 2 amide bonds. The molecule has 1 aromatic carbocycles. The lowest BCUT2D eigenvalue weighted by molar-refractivity contribution is 0.234. The Morgan fingerprint density at radius 2 is 1.73 bits per heavy atom. The zero-order chi connectivity index (χ0) is 11.3. The number of benzene rings is 1. The number of carbonyl (C=O) groups excluding carboxylic acids is 1. The van der Waals surface area contributed by atoms with Gasteiger partial charge in [0, 0.05) is 5.54 Å². The zero-order valence-corrected chi connectivity index (χ0v) is 9.29. The average molecular weight is 207 g/mol. The summed E-state index contributed by atoms with van der Waals surface area (Å²) in [5.74, 6) is 0. The molecular formula is C11H17N3O. The van der Waals surface area contributed by atoms with Crippen molar-refractivity contribution in [3.05, 3.63) is 30.3 Å². The van der Waals surface area contributed by atoms with Crippen molar-refractivity contribution in [3.63, 3.8) is 0 Å². The van der Waals surface area contributed by atoms with Crippen LogP contribution in [0, 0.1) is 0 Å². The number of urea groups is 1. The summed E-state index contributed by atoms with van der Waals surface area (Å²) in [5.41, 5.74) is 5.98. The second-order valence-electron chi connectivity index (χ2n) is 4.32. The normalized spacial score (nSPS) is 10.6. The molecule has 0 heterocycles. The van der Waals surface area contributed by atoms with E-state index in [-0.39, 0.29) is 11.6 Å². The molecule has 0 aliphatic carbocycles. The molecule has 0 fully saturated rings. The quantitative estimate of drug-likeness (QED) is 0.650. The van der Waals surface area contributed by atoms with Crippen LogP contribution in [-0.4, -0.2) is 11.6 Å². The molecule has 1 rings (SSSR count). The molecular weight excluding hydrogens is 190 g/mol. The van der Waals surface area contributed by atoms with Gasteiger partial charge in [-0.2, -0.15) is 0 Å². The molecule has 0 aromatic heterocycles. The predicted molar refractivity (Wildman–Crippen MR) is 61.5 cm³/mol. The van der Waals surface area contributed by atoms with Gasteiger partial charge in [-0.15, -0.1) is 0 Å². The Hall–Kier alpha value is -1.71. The van der Waals surface area contributed by atoms with E-state index in [9.17, 15) is 4.79 Å². The third-order valence-corrected chi connectivity index (χ3v) is 1.58. The number of anilines is 1. The first-order valence-electron chi connectivity index (χ1n) is 4.86. The lowest BCUT2D eigenvalue weighted by Crippen LogP contribution is -2.48. The monoisotopic (exact) mass is 207 g/mol. The second kappa shape index (κ2) is 4.68.